The number of rotatable bonds is 5. The van der Waals surface area contributed by atoms with E-state index in [0.717, 1.165) is 16.7 Å². The molecule has 28 heavy (non-hydrogen) atoms. The van der Waals surface area contributed by atoms with E-state index in [1.807, 2.05) is 38.1 Å². The summed E-state index contributed by atoms with van der Waals surface area (Å²) in [7, 11) is 0. The number of carbonyl (C=O) groups is 3. The number of benzene rings is 2. The Balaban J connectivity index is 1.79. The van der Waals surface area contributed by atoms with Gasteiger partial charge in [-0.25, -0.2) is 4.79 Å². The van der Waals surface area contributed by atoms with Crippen molar-refractivity contribution in [1.29, 1.82) is 0 Å². The van der Waals surface area contributed by atoms with Gasteiger partial charge < -0.3 is 15.3 Å². The lowest BCUT2D eigenvalue weighted by molar-refractivity contribution is -0.133. The van der Waals surface area contributed by atoms with Gasteiger partial charge in [0.2, 0.25) is 11.8 Å². The summed E-state index contributed by atoms with van der Waals surface area (Å²) in [6.07, 6.45) is 0.782. The number of carbonyl (C=O) groups excluding carboxylic acids is 2. The Morgan fingerprint density at radius 3 is 2.43 bits per heavy atom. The van der Waals surface area contributed by atoms with Gasteiger partial charge in [0, 0.05) is 18.7 Å². The summed E-state index contributed by atoms with van der Waals surface area (Å²) >= 11 is 0. The number of carboxylic acids is 1. The number of anilines is 1. The monoisotopic (exact) mass is 380 g/mol. The van der Waals surface area contributed by atoms with Crippen LogP contribution in [0.25, 0.3) is 0 Å². The molecule has 0 radical (unpaired) electrons. The van der Waals surface area contributed by atoms with Gasteiger partial charge in [-0.05, 0) is 49.9 Å². The lowest BCUT2D eigenvalue weighted by Crippen LogP contribution is -2.41. The molecule has 1 aliphatic heterocycles. The number of aromatic carboxylic acids is 1. The van der Waals surface area contributed by atoms with Gasteiger partial charge in [0.05, 0.1) is 5.56 Å². The number of nitrogens with one attached hydrogen (secondary N) is 1. The third-order valence-corrected chi connectivity index (χ3v) is 5.16. The second-order valence-electron chi connectivity index (χ2n) is 7.34. The molecule has 0 spiro atoms. The average molecular weight is 380 g/mol. The number of aryl methyl sites for hydroxylation is 3. The number of likely N-dealkylation sites (tertiary alicyclic amines) is 1. The lowest BCUT2D eigenvalue weighted by atomic mass is 10.0. The molecule has 2 aromatic carbocycles. The molecule has 0 aliphatic carbocycles. The molecule has 0 bridgehead atoms. The lowest BCUT2D eigenvalue weighted by Gasteiger charge is -2.25. The highest BCUT2D eigenvalue weighted by Gasteiger charge is 2.36. The topological polar surface area (TPSA) is 86.7 Å². The summed E-state index contributed by atoms with van der Waals surface area (Å²) in [6.45, 7) is 5.92. The van der Waals surface area contributed by atoms with Crippen LogP contribution in [0.4, 0.5) is 5.69 Å². The summed E-state index contributed by atoms with van der Waals surface area (Å²) in [5, 5.41) is 12.1. The van der Waals surface area contributed by atoms with Gasteiger partial charge in [0.25, 0.3) is 0 Å². The van der Waals surface area contributed by atoms with Crippen molar-refractivity contribution < 1.29 is 19.5 Å². The maximum Gasteiger partial charge on any atom is 0.336 e. The van der Waals surface area contributed by atoms with Crippen molar-refractivity contribution in [3.8, 4) is 0 Å². The zero-order valence-corrected chi connectivity index (χ0v) is 16.3. The van der Waals surface area contributed by atoms with E-state index in [1.165, 1.54) is 6.07 Å². The Kier molecular flexibility index (Phi) is 5.49. The van der Waals surface area contributed by atoms with Crippen molar-refractivity contribution in [1.82, 2.24) is 4.90 Å². The Morgan fingerprint density at radius 2 is 1.79 bits per heavy atom. The molecule has 6 nitrogen and oxygen atoms in total. The molecule has 1 saturated heterocycles. The SMILES string of the molecule is Cc1ccc(CN2C(=O)CCC2C(=O)Nc2cc(C(=O)O)c(C)cc2C)cc1. The van der Waals surface area contributed by atoms with Gasteiger partial charge in [0.15, 0.2) is 0 Å². The van der Waals surface area contributed by atoms with Crippen LogP contribution < -0.4 is 5.32 Å². The second-order valence-corrected chi connectivity index (χ2v) is 7.34. The third-order valence-electron chi connectivity index (χ3n) is 5.16. The van der Waals surface area contributed by atoms with E-state index in [0.29, 0.717) is 30.6 Å². The first-order chi connectivity index (χ1) is 13.3. The molecule has 1 heterocycles. The van der Waals surface area contributed by atoms with E-state index in [2.05, 4.69) is 5.32 Å². The Labute approximate surface area is 164 Å². The summed E-state index contributed by atoms with van der Waals surface area (Å²) in [5.41, 5.74) is 4.14. The van der Waals surface area contributed by atoms with Crippen molar-refractivity contribution in [3.63, 3.8) is 0 Å². The molecule has 1 fully saturated rings. The molecule has 3 rings (SSSR count). The molecule has 2 N–H and O–H groups in total. The van der Waals surface area contributed by atoms with Crippen LogP contribution in [0.2, 0.25) is 0 Å². The maximum atomic E-state index is 12.9. The average Bonchev–Trinajstić information content (AvgIpc) is 2.99. The van der Waals surface area contributed by atoms with Crippen LogP contribution in [-0.4, -0.2) is 33.8 Å². The number of amides is 2. The highest BCUT2D eigenvalue weighted by Crippen LogP contribution is 2.25. The summed E-state index contributed by atoms with van der Waals surface area (Å²) < 4.78 is 0. The number of carboxylic acid groups (broad SMARTS) is 1. The molecular formula is C22H24N2O4. The fraction of sp³-hybridized carbons (Fsp3) is 0.318. The summed E-state index contributed by atoms with van der Waals surface area (Å²) in [4.78, 5) is 38.2. The van der Waals surface area contributed by atoms with E-state index >= 15 is 0 Å². The third kappa shape index (κ3) is 4.06. The van der Waals surface area contributed by atoms with Crippen LogP contribution in [0.5, 0.6) is 0 Å². The number of hydrogen-bond acceptors (Lipinski definition) is 3. The highest BCUT2D eigenvalue weighted by molar-refractivity contribution is 6.00. The molecule has 1 unspecified atom stereocenters. The molecule has 6 heteroatoms. The minimum absolute atomic E-state index is 0.0485. The fourth-order valence-electron chi connectivity index (χ4n) is 3.53. The standard InChI is InChI=1S/C22H24N2O4/c1-13-4-6-16(7-5-13)12-24-19(8-9-20(24)25)21(26)23-18-11-17(22(27)28)14(2)10-15(18)3/h4-7,10-11,19H,8-9,12H2,1-3H3,(H,23,26)(H,27,28). The van der Waals surface area contributed by atoms with Crippen molar-refractivity contribution >= 4 is 23.5 Å². The van der Waals surface area contributed by atoms with Crippen molar-refractivity contribution in [2.45, 2.75) is 46.2 Å². The summed E-state index contributed by atoms with van der Waals surface area (Å²) in [6, 6.07) is 10.5. The first-order valence-corrected chi connectivity index (χ1v) is 9.26. The number of hydrogen-bond donors (Lipinski definition) is 2. The second kappa shape index (κ2) is 7.84. The molecule has 1 atom stereocenters. The quantitative estimate of drug-likeness (QED) is 0.832. The Bertz CT molecular complexity index is 934. The smallest absolute Gasteiger partial charge is 0.336 e. The Hall–Kier alpha value is -3.15. The van der Waals surface area contributed by atoms with Crippen molar-refractivity contribution in [2.75, 3.05) is 5.32 Å². The van der Waals surface area contributed by atoms with Crippen molar-refractivity contribution in [2.24, 2.45) is 0 Å². The molecule has 2 aromatic rings. The fourth-order valence-corrected chi connectivity index (χ4v) is 3.53. The van der Waals surface area contributed by atoms with E-state index in [4.69, 9.17) is 0 Å². The van der Waals surface area contributed by atoms with Crippen LogP contribution in [0.15, 0.2) is 36.4 Å². The molecule has 146 valence electrons. The van der Waals surface area contributed by atoms with Crippen LogP contribution in [0, 0.1) is 20.8 Å². The normalized spacial score (nSPS) is 16.3. The van der Waals surface area contributed by atoms with E-state index < -0.39 is 12.0 Å². The highest BCUT2D eigenvalue weighted by atomic mass is 16.4. The van der Waals surface area contributed by atoms with Gasteiger partial charge in [-0.3, -0.25) is 9.59 Å². The van der Waals surface area contributed by atoms with Crippen LogP contribution >= 0.6 is 0 Å². The zero-order valence-electron chi connectivity index (χ0n) is 16.3. The molecule has 0 aromatic heterocycles. The zero-order chi connectivity index (χ0) is 20.4. The number of nitrogens with zero attached hydrogens (tertiary/aromatic N) is 1. The van der Waals surface area contributed by atoms with Crippen LogP contribution in [-0.2, 0) is 16.1 Å². The molecule has 1 aliphatic rings. The van der Waals surface area contributed by atoms with E-state index in [9.17, 15) is 19.5 Å². The van der Waals surface area contributed by atoms with Gasteiger partial charge in [-0.15, -0.1) is 0 Å². The minimum Gasteiger partial charge on any atom is -0.478 e. The minimum atomic E-state index is -1.04. The largest absolute Gasteiger partial charge is 0.478 e. The van der Waals surface area contributed by atoms with Gasteiger partial charge in [0.1, 0.15) is 6.04 Å². The van der Waals surface area contributed by atoms with Crippen LogP contribution in [0.1, 0.15) is 45.5 Å². The molecule has 0 saturated carbocycles. The predicted molar refractivity (Wildman–Crippen MR) is 106 cm³/mol. The Morgan fingerprint density at radius 1 is 1.11 bits per heavy atom. The van der Waals surface area contributed by atoms with Crippen molar-refractivity contribution in [3.05, 3.63) is 64.2 Å². The van der Waals surface area contributed by atoms with E-state index in [1.54, 1.807) is 17.9 Å². The maximum absolute atomic E-state index is 12.9. The molecule has 2 amide bonds. The van der Waals surface area contributed by atoms with Gasteiger partial charge in [-0.2, -0.15) is 0 Å². The van der Waals surface area contributed by atoms with Gasteiger partial charge >= 0.3 is 5.97 Å². The molecular weight excluding hydrogens is 356 g/mol. The summed E-state index contributed by atoms with van der Waals surface area (Å²) in [5.74, 6) is -1.38. The van der Waals surface area contributed by atoms with Crippen LogP contribution in [0.3, 0.4) is 0 Å². The predicted octanol–water partition coefficient (Wildman–Crippen LogP) is 3.44. The first-order valence-electron chi connectivity index (χ1n) is 9.26. The van der Waals surface area contributed by atoms with E-state index in [-0.39, 0.29) is 17.4 Å². The first kappa shape index (κ1) is 19.6. The van der Waals surface area contributed by atoms with Gasteiger partial charge in [-0.1, -0.05) is 35.9 Å².